The van der Waals surface area contributed by atoms with Crippen molar-refractivity contribution < 1.29 is 4.79 Å². The summed E-state index contributed by atoms with van der Waals surface area (Å²) in [7, 11) is 1.71. The molecule has 2 fully saturated rings. The first kappa shape index (κ1) is 8.81. The summed E-state index contributed by atoms with van der Waals surface area (Å²) >= 11 is 0. The van der Waals surface area contributed by atoms with Gasteiger partial charge in [-0.05, 0) is 18.9 Å². The highest BCUT2D eigenvalue weighted by Gasteiger charge is 2.62. The van der Waals surface area contributed by atoms with Crippen molar-refractivity contribution in [3.63, 3.8) is 0 Å². The molecule has 1 aliphatic heterocycles. The molecule has 1 saturated carbocycles. The molecule has 0 spiro atoms. The minimum absolute atomic E-state index is 0. The van der Waals surface area contributed by atoms with Crippen LogP contribution in [-0.2, 0) is 4.79 Å². The van der Waals surface area contributed by atoms with Crippen LogP contribution in [0.15, 0.2) is 0 Å². The van der Waals surface area contributed by atoms with Crippen molar-refractivity contribution in [2.45, 2.75) is 6.42 Å². The minimum Gasteiger partial charge on any atom is -0.359 e. The van der Waals surface area contributed by atoms with Gasteiger partial charge in [0.15, 0.2) is 0 Å². The number of carbonyl (C=O) groups is 1. The lowest BCUT2D eigenvalue weighted by Crippen LogP contribution is -2.33. The Bertz CT molecular complexity index is 185. The third-order valence-electron chi connectivity index (χ3n) is 2.74. The first-order valence-electron chi connectivity index (χ1n) is 3.72. The third-order valence-corrected chi connectivity index (χ3v) is 2.74. The van der Waals surface area contributed by atoms with E-state index in [9.17, 15) is 4.79 Å². The van der Waals surface area contributed by atoms with Crippen LogP contribution in [0.4, 0.5) is 0 Å². The molecule has 1 aliphatic carbocycles. The van der Waals surface area contributed by atoms with Crippen LogP contribution in [0.2, 0.25) is 0 Å². The fourth-order valence-corrected chi connectivity index (χ4v) is 1.94. The first-order valence-corrected chi connectivity index (χ1v) is 3.72. The maximum atomic E-state index is 11.2. The number of nitrogens with one attached hydrogen (secondary N) is 2. The van der Waals surface area contributed by atoms with Gasteiger partial charge in [0.1, 0.15) is 0 Å². The monoisotopic (exact) mass is 176 g/mol. The summed E-state index contributed by atoms with van der Waals surface area (Å²) < 4.78 is 0. The number of hydrogen-bond acceptors (Lipinski definition) is 2. The van der Waals surface area contributed by atoms with Crippen LogP contribution in [0.1, 0.15) is 6.42 Å². The standard InChI is InChI=1S/C7H12N2O.ClH/c1-8-6(10)7-2-5(7)3-9-4-7;/h5,9H,2-4H2,1H3,(H,8,10);1H/t5-,7+;/m0./s1. The molecule has 0 aromatic rings. The van der Waals surface area contributed by atoms with Crippen LogP contribution >= 0.6 is 12.4 Å². The van der Waals surface area contributed by atoms with E-state index in [0.29, 0.717) is 5.92 Å². The summed E-state index contributed by atoms with van der Waals surface area (Å²) in [4.78, 5) is 11.2. The first-order chi connectivity index (χ1) is 4.79. The van der Waals surface area contributed by atoms with E-state index in [1.165, 1.54) is 0 Å². The van der Waals surface area contributed by atoms with Gasteiger partial charge in [0.25, 0.3) is 0 Å². The van der Waals surface area contributed by atoms with Crippen molar-refractivity contribution in [1.82, 2.24) is 10.6 Å². The van der Waals surface area contributed by atoms with Crippen LogP contribution in [0, 0.1) is 11.3 Å². The Hall–Kier alpha value is -0.280. The summed E-state index contributed by atoms with van der Waals surface area (Å²) in [6, 6.07) is 0. The number of fused-ring (bicyclic) bond motifs is 1. The number of piperidine rings is 1. The van der Waals surface area contributed by atoms with Gasteiger partial charge in [0.05, 0.1) is 5.41 Å². The Morgan fingerprint density at radius 2 is 2.45 bits per heavy atom. The van der Waals surface area contributed by atoms with Crippen molar-refractivity contribution >= 4 is 18.3 Å². The van der Waals surface area contributed by atoms with Gasteiger partial charge in [0, 0.05) is 13.6 Å². The van der Waals surface area contributed by atoms with Crippen LogP contribution in [-0.4, -0.2) is 26.0 Å². The third kappa shape index (κ3) is 1.03. The Kier molecular flexibility index (Phi) is 2.12. The zero-order chi connectivity index (χ0) is 7.19. The minimum atomic E-state index is 0. The lowest BCUT2D eigenvalue weighted by Gasteiger charge is -2.07. The summed E-state index contributed by atoms with van der Waals surface area (Å²) in [5, 5.41) is 5.93. The summed E-state index contributed by atoms with van der Waals surface area (Å²) in [6.45, 7) is 1.92. The molecule has 0 radical (unpaired) electrons. The molecule has 2 N–H and O–H groups in total. The number of carbonyl (C=O) groups excluding carboxylic acids is 1. The molecule has 11 heavy (non-hydrogen) atoms. The molecular formula is C7H13ClN2O. The van der Waals surface area contributed by atoms with Gasteiger partial charge in [-0.2, -0.15) is 0 Å². The zero-order valence-corrected chi connectivity index (χ0v) is 7.33. The lowest BCUT2D eigenvalue weighted by molar-refractivity contribution is -0.125. The van der Waals surface area contributed by atoms with Gasteiger partial charge >= 0.3 is 0 Å². The predicted octanol–water partition coefficient (Wildman–Crippen LogP) is -0.236. The Morgan fingerprint density at radius 3 is 2.82 bits per heavy atom. The van der Waals surface area contributed by atoms with E-state index in [2.05, 4.69) is 10.6 Å². The van der Waals surface area contributed by atoms with Crippen LogP contribution in [0.25, 0.3) is 0 Å². The maximum absolute atomic E-state index is 11.2. The average Bonchev–Trinajstić information content (AvgIpc) is 2.54. The van der Waals surface area contributed by atoms with E-state index in [1.54, 1.807) is 7.05 Å². The smallest absolute Gasteiger partial charge is 0.227 e. The van der Waals surface area contributed by atoms with Gasteiger partial charge < -0.3 is 10.6 Å². The van der Waals surface area contributed by atoms with Crippen molar-refractivity contribution in [2.75, 3.05) is 20.1 Å². The molecule has 2 atom stereocenters. The second-order valence-electron chi connectivity index (χ2n) is 3.27. The van der Waals surface area contributed by atoms with Crippen molar-refractivity contribution in [1.29, 1.82) is 0 Å². The van der Waals surface area contributed by atoms with Crippen LogP contribution in [0.5, 0.6) is 0 Å². The second kappa shape index (κ2) is 2.64. The van der Waals surface area contributed by atoms with E-state index >= 15 is 0 Å². The molecule has 2 aliphatic rings. The molecule has 4 heteroatoms. The van der Waals surface area contributed by atoms with Gasteiger partial charge in [-0.25, -0.2) is 0 Å². The Balaban J connectivity index is 0.000000605. The topological polar surface area (TPSA) is 41.1 Å². The Morgan fingerprint density at radius 1 is 1.73 bits per heavy atom. The van der Waals surface area contributed by atoms with Crippen molar-refractivity contribution in [3.8, 4) is 0 Å². The summed E-state index contributed by atoms with van der Waals surface area (Å²) in [6.07, 6.45) is 1.10. The quantitative estimate of drug-likeness (QED) is 0.579. The fraction of sp³-hybridized carbons (Fsp3) is 0.857. The molecule has 2 rings (SSSR count). The molecule has 64 valence electrons. The molecule has 0 bridgehead atoms. The molecule has 0 aromatic carbocycles. The number of halogens is 1. The van der Waals surface area contributed by atoms with E-state index in [-0.39, 0.29) is 23.7 Å². The largest absolute Gasteiger partial charge is 0.359 e. The SMILES string of the molecule is CNC(=O)[C@]12CNC[C@@H]1C2.Cl. The van der Waals surface area contributed by atoms with Crippen molar-refractivity contribution in [3.05, 3.63) is 0 Å². The molecule has 1 heterocycles. The fourth-order valence-electron chi connectivity index (χ4n) is 1.94. The number of amides is 1. The molecule has 0 aromatic heterocycles. The van der Waals surface area contributed by atoms with E-state index < -0.39 is 0 Å². The lowest BCUT2D eigenvalue weighted by atomic mass is 10.1. The number of rotatable bonds is 1. The van der Waals surface area contributed by atoms with Crippen LogP contribution < -0.4 is 10.6 Å². The van der Waals surface area contributed by atoms with Gasteiger partial charge in [-0.3, -0.25) is 4.79 Å². The highest BCUT2D eigenvalue weighted by molar-refractivity contribution is 5.86. The number of hydrogen-bond donors (Lipinski definition) is 2. The van der Waals surface area contributed by atoms with Crippen molar-refractivity contribution in [2.24, 2.45) is 11.3 Å². The van der Waals surface area contributed by atoms with E-state index in [0.717, 1.165) is 19.5 Å². The van der Waals surface area contributed by atoms with Gasteiger partial charge in [-0.15, -0.1) is 12.4 Å². The van der Waals surface area contributed by atoms with Crippen LogP contribution in [0.3, 0.4) is 0 Å². The van der Waals surface area contributed by atoms with Gasteiger partial charge in [-0.1, -0.05) is 0 Å². The Labute approximate surface area is 72.3 Å². The van der Waals surface area contributed by atoms with Gasteiger partial charge in [0.2, 0.25) is 5.91 Å². The molecule has 1 amide bonds. The normalized spacial score (nSPS) is 38.8. The zero-order valence-electron chi connectivity index (χ0n) is 6.52. The molecular weight excluding hydrogens is 164 g/mol. The molecule has 1 saturated heterocycles. The highest BCUT2D eigenvalue weighted by atomic mass is 35.5. The van der Waals surface area contributed by atoms with E-state index in [1.807, 2.05) is 0 Å². The highest BCUT2D eigenvalue weighted by Crippen LogP contribution is 2.54. The maximum Gasteiger partial charge on any atom is 0.227 e. The average molecular weight is 177 g/mol. The van der Waals surface area contributed by atoms with E-state index in [4.69, 9.17) is 0 Å². The summed E-state index contributed by atoms with van der Waals surface area (Å²) in [5.41, 5.74) is 0.00868. The second-order valence-corrected chi connectivity index (χ2v) is 3.27. The molecule has 3 nitrogen and oxygen atoms in total. The molecule has 0 unspecified atom stereocenters. The summed E-state index contributed by atoms with van der Waals surface area (Å²) in [5.74, 6) is 0.856. The predicted molar refractivity (Wildman–Crippen MR) is 44.7 cm³/mol.